The molecule has 0 aliphatic carbocycles. The molecule has 3 nitrogen and oxygen atoms in total. The van der Waals surface area contributed by atoms with Crippen LogP contribution in [0.2, 0.25) is 0 Å². The van der Waals surface area contributed by atoms with Crippen molar-refractivity contribution in [3.8, 4) is 0 Å². The van der Waals surface area contributed by atoms with Gasteiger partial charge in [0.25, 0.3) is 0 Å². The van der Waals surface area contributed by atoms with Crippen molar-refractivity contribution < 1.29 is 23.4 Å². The van der Waals surface area contributed by atoms with Crippen LogP contribution < -0.4 is 0 Å². The summed E-state index contributed by atoms with van der Waals surface area (Å²) < 4.78 is 30.5. The summed E-state index contributed by atoms with van der Waals surface area (Å²) in [6.45, 7) is 3.45. The molecule has 1 atom stereocenters. The molecule has 0 aromatic heterocycles. The van der Waals surface area contributed by atoms with E-state index in [1.165, 1.54) is 6.07 Å². The van der Waals surface area contributed by atoms with E-state index in [4.69, 9.17) is 4.74 Å². The Morgan fingerprint density at radius 3 is 2.56 bits per heavy atom. The van der Waals surface area contributed by atoms with Crippen molar-refractivity contribution in [2.75, 3.05) is 0 Å². The van der Waals surface area contributed by atoms with Gasteiger partial charge in [-0.05, 0) is 38.0 Å². The van der Waals surface area contributed by atoms with Gasteiger partial charge in [-0.25, -0.2) is 8.78 Å². The quantitative estimate of drug-likeness (QED) is 0.826. The van der Waals surface area contributed by atoms with Crippen LogP contribution in [0.3, 0.4) is 0 Å². The molecule has 0 aliphatic heterocycles. The zero-order valence-corrected chi connectivity index (χ0v) is 10.3. The molecule has 0 spiro atoms. The van der Waals surface area contributed by atoms with E-state index in [0.717, 1.165) is 12.1 Å². The van der Waals surface area contributed by atoms with Gasteiger partial charge in [0.15, 0.2) is 11.6 Å². The lowest BCUT2D eigenvalue weighted by Gasteiger charge is -2.12. The first kappa shape index (κ1) is 14.6. The molecule has 0 bridgehead atoms. The van der Waals surface area contributed by atoms with E-state index in [1.807, 2.05) is 0 Å². The van der Waals surface area contributed by atoms with E-state index in [1.54, 1.807) is 13.8 Å². The summed E-state index contributed by atoms with van der Waals surface area (Å²) in [5.41, 5.74) is 0.242. The molecule has 100 valence electrons. The Hall–Kier alpha value is -1.49. The first-order valence-corrected chi connectivity index (χ1v) is 5.72. The highest BCUT2D eigenvalue weighted by Gasteiger charge is 2.14. The van der Waals surface area contributed by atoms with Gasteiger partial charge in [-0.15, -0.1) is 0 Å². The second kappa shape index (κ2) is 6.44. The van der Waals surface area contributed by atoms with E-state index in [9.17, 15) is 18.7 Å². The standard InChI is InChI=1S/C13H16F2O3/c1-8(2)18-13(17)6-5-12(16)9-3-4-10(14)11(15)7-9/h3-4,7-8,12,16H,5-6H2,1-2H3. The van der Waals surface area contributed by atoms with E-state index in [0.29, 0.717) is 0 Å². The summed E-state index contributed by atoms with van der Waals surface area (Å²) in [5, 5.41) is 9.72. The first-order valence-electron chi connectivity index (χ1n) is 5.72. The van der Waals surface area contributed by atoms with Crippen LogP contribution >= 0.6 is 0 Å². The molecule has 0 radical (unpaired) electrons. The summed E-state index contributed by atoms with van der Waals surface area (Å²) in [6, 6.07) is 3.16. The summed E-state index contributed by atoms with van der Waals surface area (Å²) in [6.07, 6.45) is -1.09. The topological polar surface area (TPSA) is 46.5 Å². The summed E-state index contributed by atoms with van der Waals surface area (Å²) in [7, 11) is 0. The van der Waals surface area contributed by atoms with E-state index >= 15 is 0 Å². The number of ether oxygens (including phenoxy) is 1. The van der Waals surface area contributed by atoms with Crippen LogP contribution in [0.15, 0.2) is 18.2 Å². The predicted molar refractivity (Wildman–Crippen MR) is 61.8 cm³/mol. The fourth-order valence-electron chi connectivity index (χ4n) is 1.46. The van der Waals surface area contributed by atoms with Gasteiger partial charge >= 0.3 is 5.97 Å². The molecule has 1 aromatic rings. The van der Waals surface area contributed by atoms with Crippen LogP contribution in [0.25, 0.3) is 0 Å². The number of benzene rings is 1. The molecule has 1 N–H and O–H groups in total. The zero-order valence-electron chi connectivity index (χ0n) is 10.3. The van der Waals surface area contributed by atoms with Gasteiger partial charge in [0.1, 0.15) is 0 Å². The Bertz CT molecular complexity index is 419. The zero-order chi connectivity index (χ0) is 13.7. The van der Waals surface area contributed by atoms with Gasteiger partial charge in [0.2, 0.25) is 0 Å². The SMILES string of the molecule is CC(C)OC(=O)CCC(O)c1ccc(F)c(F)c1. The van der Waals surface area contributed by atoms with Crippen LogP contribution in [0.4, 0.5) is 8.78 Å². The number of aliphatic hydroxyl groups excluding tert-OH is 1. The average Bonchev–Trinajstić information content (AvgIpc) is 2.28. The maximum atomic E-state index is 12.9. The first-order chi connectivity index (χ1) is 8.40. The third-order valence-electron chi connectivity index (χ3n) is 2.32. The smallest absolute Gasteiger partial charge is 0.306 e. The van der Waals surface area contributed by atoms with Crippen molar-refractivity contribution in [2.24, 2.45) is 0 Å². The predicted octanol–water partition coefficient (Wildman–Crippen LogP) is 2.73. The molecule has 0 heterocycles. The van der Waals surface area contributed by atoms with Crippen LogP contribution in [0.5, 0.6) is 0 Å². The number of esters is 1. The minimum Gasteiger partial charge on any atom is -0.463 e. The minimum atomic E-state index is -1.02. The fraction of sp³-hybridized carbons (Fsp3) is 0.462. The van der Waals surface area contributed by atoms with Crippen molar-refractivity contribution in [3.05, 3.63) is 35.4 Å². The van der Waals surface area contributed by atoms with E-state index < -0.39 is 23.7 Å². The Balaban J connectivity index is 2.52. The molecule has 0 saturated carbocycles. The lowest BCUT2D eigenvalue weighted by atomic mass is 10.0. The highest BCUT2D eigenvalue weighted by molar-refractivity contribution is 5.69. The van der Waals surface area contributed by atoms with E-state index in [2.05, 4.69) is 0 Å². The Kier molecular flexibility index (Phi) is 5.22. The molecular formula is C13H16F2O3. The maximum absolute atomic E-state index is 12.9. The van der Waals surface area contributed by atoms with Crippen molar-refractivity contribution in [3.63, 3.8) is 0 Å². The van der Waals surface area contributed by atoms with Crippen LogP contribution in [-0.2, 0) is 9.53 Å². The number of hydrogen-bond donors (Lipinski definition) is 1. The molecule has 5 heteroatoms. The molecule has 18 heavy (non-hydrogen) atoms. The third kappa shape index (κ3) is 4.41. The highest BCUT2D eigenvalue weighted by atomic mass is 19.2. The lowest BCUT2D eigenvalue weighted by Crippen LogP contribution is -2.12. The molecule has 0 fully saturated rings. The monoisotopic (exact) mass is 258 g/mol. The third-order valence-corrected chi connectivity index (χ3v) is 2.32. The van der Waals surface area contributed by atoms with Gasteiger partial charge in [-0.2, -0.15) is 0 Å². The van der Waals surface area contributed by atoms with Crippen molar-refractivity contribution in [1.82, 2.24) is 0 Å². The van der Waals surface area contributed by atoms with Gasteiger partial charge in [0.05, 0.1) is 12.2 Å². The lowest BCUT2D eigenvalue weighted by molar-refractivity contribution is -0.148. The molecule has 1 aromatic carbocycles. The Morgan fingerprint density at radius 1 is 1.33 bits per heavy atom. The molecule has 0 amide bonds. The van der Waals surface area contributed by atoms with Gasteiger partial charge < -0.3 is 9.84 Å². The average molecular weight is 258 g/mol. The number of carbonyl (C=O) groups excluding carboxylic acids is 1. The van der Waals surface area contributed by atoms with E-state index in [-0.39, 0.29) is 24.5 Å². The second-order valence-electron chi connectivity index (χ2n) is 4.27. The number of halogens is 2. The molecule has 0 saturated heterocycles. The Morgan fingerprint density at radius 2 is 2.00 bits per heavy atom. The van der Waals surface area contributed by atoms with Gasteiger partial charge in [-0.1, -0.05) is 6.07 Å². The normalized spacial score (nSPS) is 12.6. The molecule has 1 unspecified atom stereocenters. The summed E-state index contributed by atoms with van der Waals surface area (Å²) >= 11 is 0. The number of aliphatic hydroxyl groups is 1. The summed E-state index contributed by atoms with van der Waals surface area (Å²) in [4.78, 5) is 11.2. The van der Waals surface area contributed by atoms with Crippen LogP contribution in [-0.4, -0.2) is 17.2 Å². The second-order valence-corrected chi connectivity index (χ2v) is 4.27. The fourth-order valence-corrected chi connectivity index (χ4v) is 1.46. The maximum Gasteiger partial charge on any atom is 0.306 e. The number of hydrogen-bond acceptors (Lipinski definition) is 3. The highest BCUT2D eigenvalue weighted by Crippen LogP contribution is 2.20. The number of carbonyl (C=O) groups is 1. The van der Waals surface area contributed by atoms with Gasteiger partial charge in [-0.3, -0.25) is 4.79 Å². The van der Waals surface area contributed by atoms with Crippen LogP contribution in [0, 0.1) is 11.6 Å². The van der Waals surface area contributed by atoms with Crippen LogP contribution in [0.1, 0.15) is 38.4 Å². The Labute approximate surface area is 104 Å². The summed E-state index contributed by atoms with van der Waals surface area (Å²) in [5.74, 6) is -2.41. The van der Waals surface area contributed by atoms with Crippen molar-refractivity contribution in [1.29, 1.82) is 0 Å². The van der Waals surface area contributed by atoms with Crippen molar-refractivity contribution in [2.45, 2.75) is 38.9 Å². The van der Waals surface area contributed by atoms with Crippen molar-refractivity contribution >= 4 is 5.97 Å². The largest absolute Gasteiger partial charge is 0.463 e. The molecular weight excluding hydrogens is 242 g/mol. The molecule has 1 rings (SSSR count). The van der Waals surface area contributed by atoms with Gasteiger partial charge in [0, 0.05) is 6.42 Å². The number of rotatable bonds is 5. The molecule has 0 aliphatic rings. The minimum absolute atomic E-state index is 0.0261.